The summed E-state index contributed by atoms with van der Waals surface area (Å²) >= 11 is 0. The van der Waals surface area contributed by atoms with E-state index in [-0.39, 0.29) is 43.5 Å². The number of carbonyl (C=O) groups excluding carboxylic acids is 1. The number of aliphatic hydroxyl groups excluding tert-OH is 2. The first-order valence-electron chi connectivity index (χ1n) is 17.3. The van der Waals surface area contributed by atoms with Gasteiger partial charge in [0.2, 0.25) is 5.79 Å². The number of hydrogen-bond acceptors (Lipinski definition) is 10. The molecule has 6 unspecified atom stereocenters. The number of rotatable bonds is 18. The van der Waals surface area contributed by atoms with Crippen LogP contribution in [0.2, 0.25) is 0 Å². The van der Waals surface area contributed by atoms with Crippen molar-refractivity contribution in [1.29, 1.82) is 0 Å². The number of ether oxygens (including phenoxy) is 4. The van der Waals surface area contributed by atoms with Gasteiger partial charge < -0.3 is 38.9 Å². The largest absolute Gasteiger partial charge is 0.492 e. The molecule has 11 nitrogen and oxygen atoms in total. The van der Waals surface area contributed by atoms with E-state index in [0.717, 1.165) is 74.3 Å². The topological polar surface area (TPSA) is 122 Å². The van der Waals surface area contributed by atoms with Crippen molar-refractivity contribution < 1.29 is 38.8 Å². The van der Waals surface area contributed by atoms with Crippen molar-refractivity contribution in [3.63, 3.8) is 0 Å². The Bertz CT molecular complexity index is 1280. The minimum absolute atomic E-state index is 0.0854. The van der Waals surface area contributed by atoms with Gasteiger partial charge in [0.1, 0.15) is 30.8 Å². The minimum atomic E-state index is -1.28. The smallest absolute Gasteiger partial charge is 0.409 e. The lowest BCUT2D eigenvalue weighted by atomic mass is 9.55. The number of oxime groups is 1. The Morgan fingerprint density at radius 3 is 2.64 bits per heavy atom. The van der Waals surface area contributed by atoms with Gasteiger partial charge in [0.05, 0.1) is 25.3 Å². The molecule has 1 amide bonds. The maximum absolute atomic E-state index is 13.2. The molecule has 2 heterocycles. The van der Waals surface area contributed by atoms with Crippen LogP contribution in [0.3, 0.4) is 0 Å². The molecule has 5 rings (SSSR count). The Kier molecular flexibility index (Phi) is 12.2. The molecule has 260 valence electrons. The second-order valence-electron chi connectivity index (χ2n) is 13.0. The van der Waals surface area contributed by atoms with Gasteiger partial charge in [-0.3, -0.25) is 4.90 Å². The van der Waals surface area contributed by atoms with E-state index in [1.54, 1.807) is 18.0 Å². The van der Waals surface area contributed by atoms with Crippen molar-refractivity contribution in [3.8, 4) is 11.5 Å². The van der Waals surface area contributed by atoms with Crippen molar-refractivity contribution in [1.82, 2.24) is 9.80 Å². The Balaban J connectivity index is 1.70. The van der Waals surface area contributed by atoms with Crippen molar-refractivity contribution in [2.45, 2.75) is 69.6 Å². The van der Waals surface area contributed by atoms with Gasteiger partial charge in [0, 0.05) is 57.8 Å². The number of allylic oxidation sites excluding steroid dienone is 1. The average Bonchev–Trinajstić information content (AvgIpc) is 3.92. The van der Waals surface area contributed by atoms with Crippen molar-refractivity contribution in [2.75, 3.05) is 66.8 Å². The van der Waals surface area contributed by atoms with Gasteiger partial charge in [0.15, 0.2) is 0 Å². The molecule has 4 aliphatic rings. The zero-order valence-corrected chi connectivity index (χ0v) is 28.3. The molecule has 47 heavy (non-hydrogen) atoms. The molecule has 2 aliphatic heterocycles. The van der Waals surface area contributed by atoms with Crippen LogP contribution >= 0.6 is 0 Å². The van der Waals surface area contributed by atoms with Crippen LogP contribution in [-0.4, -0.2) is 110 Å². The number of methoxy groups -OCH3 is 1. The molecular formula is C36H53N3O8. The third-order valence-corrected chi connectivity index (χ3v) is 10.1. The van der Waals surface area contributed by atoms with Gasteiger partial charge in [-0.25, -0.2) is 4.79 Å². The summed E-state index contributed by atoms with van der Waals surface area (Å²) in [6.07, 6.45) is 8.82. The predicted molar refractivity (Wildman–Crippen MR) is 179 cm³/mol. The zero-order chi connectivity index (χ0) is 33.4. The van der Waals surface area contributed by atoms with Gasteiger partial charge in [-0.05, 0) is 68.2 Å². The van der Waals surface area contributed by atoms with Crippen molar-refractivity contribution >= 4 is 11.8 Å². The highest BCUT2D eigenvalue weighted by Crippen LogP contribution is 2.61. The Morgan fingerprint density at radius 1 is 1.19 bits per heavy atom. The van der Waals surface area contributed by atoms with Gasteiger partial charge in [0.25, 0.3) is 0 Å². The van der Waals surface area contributed by atoms with Gasteiger partial charge in [-0.2, -0.15) is 0 Å². The third-order valence-electron chi connectivity index (χ3n) is 10.1. The Labute approximate surface area is 279 Å². The summed E-state index contributed by atoms with van der Waals surface area (Å²) in [7, 11) is 3.08. The van der Waals surface area contributed by atoms with E-state index in [4.69, 9.17) is 23.8 Å². The van der Waals surface area contributed by atoms with E-state index in [1.807, 2.05) is 19.1 Å². The van der Waals surface area contributed by atoms with Gasteiger partial charge >= 0.3 is 6.09 Å². The first-order chi connectivity index (χ1) is 22.9. The number of benzene rings is 1. The van der Waals surface area contributed by atoms with Crippen LogP contribution < -0.4 is 9.47 Å². The van der Waals surface area contributed by atoms with Crippen LogP contribution in [0.4, 0.5) is 4.79 Å². The van der Waals surface area contributed by atoms with Crippen LogP contribution in [-0.2, 0) is 14.3 Å². The normalized spacial score (nSPS) is 28.4. The molecule has 11 heteroatoms. The van der Waals surface area contributed by atoms with Crippen LogP contribution in [0.15, 0.2) is 47.7 Å². The van der Waals surface area contributed by atoms with E-state index in [0.29, 0.717) is 31.8 Å². The standard InChI is InChI=1S/C36H53N3O8/c1-5-20-45-36-32(38(3)35(42)43-4)24-30(37-46-6-2)28-22-25(11-7-9-18-40)27(12-8-10-19-41)33(34(28)36)29-23-26(13-14-31(29)47-36)44-21-17-39-15-16-39/h5,13-14,22-23,25,27,32-34,40-41H,1,6-12,15-21,24H2,2-4H3. The second kappa shape index (κ2) is 16.3. The number of likely N-dealkylation sites (N-methyl/N-ethyl adjacent to an activating group) is 1. The first-order valence-corrected chi connectivity index (χ1v) is 17.3. The van der Waals surface area contributed by atoms with Crippen LogP contribution in [0.25, 0.3) is 0 Å². The third kappa shape index (κ3) is 7.63. The molecule has 2 fully saturated rings. The predicted octanol–water partition coefficient (Wildman–Crippen LogP) is 4.73. The maximum Gasteiger partial charge on any atom is 0.409 e. The number of aliphatic hydroxyl groups is 2. The summed E-state index contributed by atoms with van der Waals surface area (Å²) in [5.74, 6) is 0.111. The SMILES string of the molecule is C=CCOC12Oc3ccc(OCCN4CC4)cc3C3C(CCCCO)C(CCCCO)C=C(C(=NOCC)CC1N(C)C(=O)OC)C32. The molecular weight excluding hydrogens is 602 g/mol. The van der Waals surface area contributed by atoms with Crippen LogP contribution in [0, 0.1) is 17.8 Å². The summed E-state index contributed by atoms with van der Waals surface area (Å²) in [6.45, 7) is 10.5. The van der Waals surface area contributed by atoms with Gasteiger partial charge in [-0.15, -0.1) is 6.58 Å². The molecule has 6 atom stereocenters. The fraction of sp³-hybridized carbons (Fsp3) is 0.667. The number of amides is 1. The quantitative estimate of drug-likeness (QED) is 0.100. The lowest BCUT2D eigenvalue weighted by Gasteiger charge is -2.59. The summed E-state index contributed by atoms with van der Waals surface area (Å²) in [4.78, 5) is 22.8. The molecule has 1 aromatic rings. The molecule has 0 radical (unpaired) electrons. The monoisotopic (exact) mass is 655 g/mol. The van der Waals surface area contributed by atoms with Gasteiger partial charge in [-0.1, -0.05) is 30.1 Å². The molecule has 0 spiro atoms. The highest BCUT2D eigenvalue weighted by Gasteiger charge is 2.65. The van der Waals surface area contributed by atoms with Crippen molar-refractivity contribution in [2.24, 2.45) is 22.9 Å². The summed E-state index contributed by atoms with van der Waals surface area (Å²) < 4.78 is 25.4. The highest BCUT2D eigenvalue weighted by molar-refractivity contribution is 6.02. The maximum atomic E-state index is 13.2. The number of nitrogens with zero attached hydrogens (tertiary/aromatic N) is 3. The molecule has 1 saturated heterocycles. The fourth-order valence-electron chi connectivity index (χ4n) is 7.82. The number of fused-ring (bicyclic) bond motifs is 2. The van der Waals surface area contributed by atoms with Crippen LogP contribution in [0.1, 0.15) is 63.4 Å². The molecule has 2 N–H and O–H groups in total. The van der Waals surface area contributed by atoms with E-state index < -0.39 is 17.9 Å². The summed E-state index contributed by atoms with van der Waals surface area (Å²) in [6, 6.07) is 5.45. The van der Waals surface area contributed by atoms with Crippen molar-refractivity contribution in [3.05, 3.63) is 48.1 Å². The van der Waals surface area contributed by atoms with E-state index in [9.17, 15) is 15.0 Å². The lowest BCUT2D eigenvalue weighted by molar-refractivity contribution is -0.253. The summed E-state index contributed by atoms with van der Waals surface area (Å²) in [5, 5.41) is 24.1. The van der Waals surface area contributed by atoms with E-state index in [2.05, 4.69) is 28.8 Å². The lowest BCUT2D eigenvalue weighted by Crippen LogP contribution is -2.69. The molecule has 1 saturated carbocycles. The molecule has 2 aliphatic carbocycles. The average molecular weight is 656 g/mol. The fourth-order valence-corrected chi connectivity index (χ4v) is 7.82. The van der Waals surface area contributed by atoms with E-state index in [1.165, 1.54) is 7.11 Å². The van der Waals surface area contributed by atoms with Crippen LogP contribution in [0.5, 0.6) is 11.5 Å². The molecule has 1 aromatic carbocycles. The first kappa shape index (κ1) is 35.2. The summed E-state index contributed by atoms with van der Waals surface area (Å²) in [5.41, 5.74) is 2.81. The number of carbonyl (C=O) groups is 1. The number of hydrogen-bond donors (Lipinski definition) is 2. The minimum Gasteiger partial charge on any atom is -0.492 e. The second-order valence-corrected chi connectivity index (χ2v) is 13.0. The zero-order valence-electron chi connectivity index (χ0n) is 28.3. The highest BCUT2D eigenvalue weighted by atomic mass is 16.7. The number of unbranched alkanes of at least 4 members (excludes halogenated alkanes) is 2. The Hall–Kier alpha value is -3.12. The molecule has 0 aromatic heterocycles. The molecule has 0 bridgehead atoms. The van der Waals surface area contributed by atoms with E-state index >= 15 is 0 Å². The Morgan fingerprint density at radius 2 is 1.96 bits per heavy atom.